The zero-order valence-electron chi connectivity index (χ0n) is 19.8. The third-order valence-corrected chi connectivity index (χ3v) is 7.50. The fourth-order valence-corrected chi connectivity index (χ4v) is 4.98. The number of benzene rings is 2. The minimum atomic E-state index is -0.110. The van der Waals surface area contributed by atoms with Gasteiger partial charge in [-0.05, 0) is 75.1 Å². The number of piperazine rings is 1. The normalized spacial score (nSPS) is 18.0. The molecule has 2 amide bonds. The number of hydrogen-bond donors (Lipinski definition) is 2. The van der Waals surface area contributed by atoms with Crippen molar-refractivity contribution in [1.29, 1.82) is 0 Å². The Balaban J connectivity index is 1.21. The van der Waals surface area contributed by atoms with E-state index in [2.05, 4.69) is 64.6 Å². The van der Waals surface area contributed by atoms with Gasteiger partial charge in [-0.1, -0.05) is 23.9 Å². The Morgan fingerprint density at radius 1 is 1.03 bits per heavy atom. The largest absolute Gasteiger partial charge is 0.352 e. The van der Waals surface area contributed by atoms with Crippen LogP contribution in [-0.4, -0.2) is 66.4 Å². The third kappa shape index (κ3) is 6.82. The minimum Gasteiger partial charge on any atom is -0.352 e. The number of aryl methyl sites for hydroxylation is 2. The molecule has 0 spiro atoms. The first-order valence-electron chi connectivity index (χ1n) is 11.8. The molecule has 2 aliphatic rings. The van der Waals surface area contributed by atoms with Crippen molar-refractivity contribution in [3.8, 4) is 0 Å². The van der Waals surface area contributed by atoms with E-state index in [9.17, 15) is 9.59 Å². The summed E-state index contributed by atoms with van der Waals surface area (Å²) in [5, 5.41) is 6.10. The summed E-state index contributed by atoms with van der Waals surface area (Å²) in [6.07, 6.45) is 2.21. The SMILES string of the molecule is Cc1ccc(C)c(Sc2ccc(NC(=O)CN3CCN(C(C)C(=O)NC4CC4)CC3)cc2)c1. The molecule has 0 aromatic heterocycles. The number of anilines is 1. The molecular weight excluding hydrogens is 432 g/mol. The number of hydrogen-bond acceptors (Lipinski definition) is 5. The van der Waals surface area contributed by atoms with E-state index in [0.29, 0.717) is 12.6 Å². The number of nitrogens with zero attached hydrogens (tertiary/aromatic N) is 2. The lowest BCUT2D eigenvalue weighted by atomic mass is 10.2. The molecule has 7 heteroatoms. The second-order valence-corrected chi connectivity index (χ2v) is 10.3. The molecule has 6 nitrogen and oxygen atoms in total. The first kappa shape index (κ1) is 23.8. The van der Waals surface area contributed by atoms with Crippen molar-refractivity contribution in [2.45, 2.75) is 55.5 Å². The Morgan fingerprint density at radius 2 is 1.73 bits per heavy atom. The molecule has 2 aromatic rings. The summed E-state index contributed by atoms with van der Waals surface area (Å²) in [6, 6.07) is 14.8. The van der Waals surface area contributed by atoms with Crippen LogP contribution in [0.25, 0.3) is 0 Å². The molecule has 176 valence electrons. The highest BCUT2D eigenvalue weighted by Gasteiger charge is 2.30. The summed E-state index contributed by atoms with van der Waals surface area (Å²) in [5.41, 5.74) is 3.33. The second-order valence-electron chi connectivity index (χ2n) is 9.21. The van der Waals surface area contributed by atoms with Crippen LogP contribution in [0.4, 0.5) is 5.69 Å². The van der Waals surface area contributed by atoms with Crippen LogP contribution in [0.1, 0.15) is 30.9 Å². The highest BCUT2D eigenvalue weighted by atomic mass is 32.2. The van der Waals surface area contributed by atoms with E-state index < -0.39 is 0 Å². The molecule has 1 unspecified atom stereocenters. The van der Waals surface area contributed by atoms with Crippen LogP contribution in [-0.2, 0) is 9.59 Å². The van der Waals surface area contributed by atoms with E-state index in [1.54, 1.807) is 11.8 Å². The predicted octanol–water partition coefficient (Wildman–Crippen LogP) is 3.68. The summed E-state index contributed by atoms with van der Waals surface area (Å²) >= 11 is 1.74. The van der Waals surface area contributed by atoms with E-state index in [0.717, 1.165) is 49.6 Å². The van der Waals surface area contributed by atoms with Crippen LogP contribution in [0.15, 0.2) is 52.3 Å². The molecule has 1 atom stereocenters. The Morgan fingerprint density at radius 3 is 2.39 bits per heavy atom. The fraction of sp³-hybridized carbons (Fsp3) is 0.462. The molecule has 1 aliphatic heterocycles. The van der Waals surface area contributed by atoms with Crippen molar-refractivity contribution in [1.82, 2.24) is 15.1 Å². The lowest BCUT2D eigenvalue weighted by molar-refractivity contribution is -0.127. The summed E-state index contributed by atoms with van der Waals surface area (Å²) in [7, 11) is 0. The van der Waals surface area contributed by atoms with E-state index in [4.69, 9.17) is 0 Å². The van der Waals surface area contributed by atoms with Gasteiger partial charge in [0.25, 0.3) is 0 Å². The quantitative estimate of drug-likeness (QED) is 0.621. The number of rotatable bonds is 8. The summed E-state index contributed by atoms with van der Waals surface area (Å²) in [6.45, 7) is 9.76. The molecule has 33 heavy (non-hydrogen) atoms. The Labute approximate surface area is 201 Å². The van der Waals surface area contributed by atoms with Crippen LogP contribution in [0.2, 0.25) is 0 Å². The van der Waals surface area contributed by atoms with Gasteiger partial charge in [0.05, 0.1) is 12.6 Å². The van der Waals surface area contributed by atoms with Crippen LogP contribution in [0, 0.1) is 13.8 Å². The van der Waals surface area contributed by atoms with E-state index in [1.807, 2.05) is 19.1 Å². The predicted molar refractivity (Wildman–Crippen MR) is 134 cm³/mol. The van der Waals surface area contributed by atoms with E-state index >= 15 is 0 Å². The molecule has 0 radical (unpaired) electrons. The van der Waals surface area contributed by atoms with E-state index in [-0.39, 0.29) is 17.9 Å². The average molecular weight is 467 g/mol. The Hall–Kier alpha value is -2.35. The standard InChI is InChI=1S/C26H34N4O2S/c1-18-4-5-19(2)24(16-18)33-23-10-8-21(9-11-23)27-25(31)17-29-12-14-30(15-13-29)20(3)26(32)28-22-6-7-22/h4-5,8-11,16,20,22H,6-7,12-15,17H2,1-3H3,(H,27,31)(H,28,32). The average Bonchev–Trinajstić information content (AvgIpc) is 3.61. The molecular formula is C26H34N4O2S. The second kappa shape index (κ2) is 10.7. The van der Waals surface area contributed by atoms with Crippen molar-refractivity contribution in [3.05, 3.63) is 53.6 Å². The monoisotopic (exact) mass is 466 g/mol. The maximum absolute atomic E-state index is 12.6. The van der Waals surface area contributed by atoms with Crippen LogP contribution < -0.4 is 10.6 Å². The maximum Gasteiger partial charge on any atom is 0.238 e. The third-order valence-electron chi connectivity index (χ3n) is 6.33. The highest BCUT2D eigenvalue weighted by Crippen LogP contribution is 2.31. The van der Waals surface area contributed by atoms with Crippen LogP contribution in [0.5, 0.6) is 0 Å². The van der Waals surface area contributed by atoms with Crippen molar-refractivity contribution in [2.24, 2.45) is 0 Å². The molecule has 4 rings (SSSR count). The maximum atomic E-state index is 12.6. The molecule has 1 heterocycles. The summed E-state index contributed by atoms with van der Waals surface area (Å²) in [4.78, 5) is 31.6. The van der Waals surface area contributed by atoms with Gasteiger partial charge >= 0.3 is 0 Å². The van der Waals surface area contributed by atoms with Gasteiger partial charge in [0.15, 0.2) is 0 Å². The molecule has 2 aromatic carbocycles. The molecule has 1 saturated carbocycles. The van der Waals surface area contributed by atoms with Gasteiger partial charge in [-0.15, -0.1) is 0 Å². The summed E-state index contributed by atoms with van der Waals surface area (Å²) in [5.74, 6) is 0.126. The molecule has 1 aliphatic carbocycles. The van der Waals surface area contributed by atoms with Gasteiger partial charge < -0.3 is 10.6 Å². The topological polar surface area (TPSA) is 64.7 Å². The molecule has 0 bridgehead atoms. The first-order valence-corrected chi connectivity index (χ1v) is 12.6. The van der Waals surface area contributed by atoms with E-state index in [1.165, 1.54) is 16.0 Å². The van der Waals surface area contributed by atoms with Gasteiger partial charge in [0.1, 0.15) is 0 Å². The zero-order valence-corrected chi connectivity index (χ0v) is 20.6. The number of carbonyl (C=O) groups is 2. The highest BCUT2D eigenvalue weighted by molar-refractivity contribution is 7.99. The van der Waals surface area contributed by atoms with Crippen LogP contribution in [0.3, 0.4) is 0 Å². The van der Waals surface area contributed by atoms with Crippen molar-refractivity contribution in [3.63, 3.8) is 0 Å². The van der Waals surface area contributed by atoms with Gasteiger partial charge in [-0.2, -0.15) is 0 Å². The number of amides is 2. The lowest BCUT2D eigenvalue weighted by Gasteiger charge is -2.37. The van der Waals surface area contributed by atoms with Gasteiger partial charge in [-0.3, -0.25) is 19.4 Å². The Kier molecular flexibility index (Phi) is 7.73. The van der Waals surface area contributed by atoms with Crippen LogP contribution >= 0.6 is 11.8 Å². The number of nitrogens with one attached hydrogen (secondary N) is 2. The first-order chi connectivity index (χ1) is 15.9. The minimum absolute atomic E-state index is 0.00194. The summed E-state index contributed by atoms with van der Waals surface area (Å²) < 4.78 is 0. The van der Waals surface area contributed by atoms with Crippen molar-refractivity contribution < 1.29 is 9.59 Å². The molecule has 1 saturated heterocycles. The smallest absolute Gasteiger partial charge is 0.238 e. The zero-order chi connectivity index (χ0) is 23.4. The Bertz CT molecular complexity index is 982. The molecule has 2 fully saturated rings. The van der Waals surface area contributed by atoms with Crippen molar-refractivity contribution in [2.75, 3.05) is 38.0 Å². The van der Waals surface area contributed by atoms with Gasteiger partial charge in [-0.25, -0.2) is 0 Å². The lowest BCUT2D eigenvalue weighted by Crippen LogP contribution is -2.55. The number of carbonyl (C=O) groups excluding carboxylic acids is 2. The molecule has 2 N–H and O–H groups in total. The fourth-order valence-electron chi connectivity index (χ4n) is 3.98. The van der Waals surface area contributed by atoms with Crippen molar-refractivity contribution >= 4 is 29.3 Å². The van der Waals surface area contributed by atoms with Gasteiger partial charge in [0, 0.05) is 47.7 Å². The van der Waals surface area contributed by atoms with Gasteiger partial charge in [0.2, 0.25) is 11.8 Å².